The normalized spacial score (nSPS) is 24.8. The number of allylic oxidation sites excluding steroid dienone is 2. The molecule has 4 N–H and O–H groups in total. The molecule has 5 unspecified atom stereocenters. The average molecular weight is 459 g/mol. The first-order valence-electron chi connectivity index (χ1n) is 11.1. The summed E-state index contributed by atoms with van der Waals surface area (Å²) in [6, 6.07) is 5.09. The van der Waals surface area contributed by atoms with E-state index >= 15 is 0 Å². The minimum absolute atomic E-state index is 0.107. The lowest BCUT2D eigenvalue weighted by Crippen LogP contribution is -2.23. The van der Waals surface area contributed by atoms with Gasteiger partial charge in [-0.1, -0.05) is 30.4 Å². The zero-order valence-electron chi connectivity index (χ0n) is 18.0. The summed E-state index contributed by atoms with van der Waals surface area (Å²) < 4.78 is 38.5. The number of unbranched alkanes of at least 4 members (excludes halogenated alkanes) is 1. The van der Waals surface area contributed by atoms with Gasteiger partial charge in [0.05, 0.1) is 23.9 Å². The molecule has 0 amide bonds. The van der Waals surface area contributed by atoms with Gasteiger partial charge in [0, 0.05) is 6.42 Å². The largest absolute Gasteiger partial charge is 0.481 e. The van der Waals surface area contributed by atoms with E-state index in [1.807, 2.05) is 12.2 Å². The van der Waals surface area contributed by atoms with Crippen molar-refractivity contribution >= 4 is 5.97 Å². The summed E-state index contributed by atoms with van der Waals surface area (Å²) in [7, 11) is 0. The van der Waals surface area contributed by atoms with Gasteiger partial charge < -0.3 is 20.4 Å². The van der Waals surface area contributed by atoms with Crippen LogP contribution in [-0.2, 0) is 17.4 Å². The molecule has 0 aliphatic heterocycles. The molecule has 1 saturated carbocycles. The van der Waals surface area contributed by atoms with Gasteiger partial charge in [-0.05, 0) is 74.8 Å². The molecule has 1 aromatic carbocycles. The number of hydrogen-bond acceptors (Lipinski definition) is 4. The molecule has 32 heavy (non-hydrogen) atoms. The summed E-state index contributed by atoms with van der Waals surface area (Å²) in [6.07, 6.45) is 1.08. The number of aliphatic hydroxyl groups excluding tert-OH is 3. The van der Waals surface area contributed by atoms with Crippen molar-refractivity contribution < 1.29 is 38.4 Å². The Morgan fingerprint density at radius 1 is 1.12 bits per heavy atom. The number of aliphatic carboxylic acids is 1. The van der Waals surface area contributed by atoms with E-state index in [0.29, 0.717) is 50.5 Å². The van der Waals surface area contributed by atoms with Gasteiger partial charge in [-0.2, -0.15) is 13.2 Å². The number of carboxylic acid groups (broad SMARTS) is 1. The van der Waals surface area contributed by atoms with Crippen LogP contribution in [0.4, 0.5) is 13.2 Å². The Bertz CT molecular complexity index is 749. The smallest absolute Gasteiger partial charge is 0.416 e. The van der Waals surface area contributed by atoms with Crippen LogP contribution in [0.25, 0.3) is 0 Å². The van der Waals surface area contributed by atoms with Gasteiger partial charge in [-0.15, -0.1) is 0 Å². The molecule has 1 aliphatic carbocycles. The van der Waals surface area contributed by atoms with Crippen molar-refractivity contribution in [3.8, 4) is 0 Å². The van der Waals surface area contributed by atoms with Crippen LogP contribution in [0.5, 0.6) is 0 Å². The molecule has 1 aliphatic rings. The SMILES string of the molecule is O=C(O)CCCC=CCC1C(O)CC(O)C1CCC(O)CCc1cccc(C(F)(F)F)c1. The molecule has 0 aromatic heterocycles. The minimum Gasteiger partial charge on any atom is -0.481 e. The third-order valence-corrected chi connectivity index (χ3v) is 6.21. The number of hydrogen-bond donors (Lipinski definition) is 4. The zero-order chi connectivity index (χ0) is 23.7. The van der Waals surface area contributed by atoms with Crippen molar-refractivity contribution in [1.29, 1.82) is 0 Å². The molecule has 0 saturated heterocycles. The number of alkyl halides is 3. The van der Waals surface area contributed by atoms with Gasteiger partial charge in [0.25, 0.3) is 0 Å². The average Bonchev–Trinajstić information content (AvgIpc) is 2.99. The molecule has 0 heterocycles. The van der Waals surface area contributed by atoms with Crippen molar-refractivity contribution in [2.24, 2.45) is 11.8 Å². The molecule has 2 rings (SSSR count). The number of benzene rings is 1. The Hall–Kier alpha value is -1.90. The molecule has 0 radical (unpaired) electrons. The predicted molar refractivity (Wildman–Crippen MR) is 114 cm³/mol. The Kier molecular flexibility index (Phi) is 10.2. The third-order valence-electron chi connectivity index (χ3n) is 6.21. The van der Waals surface area contributed by atoms with Crippen molar-refractivity contribution in [1.82, 2.24) is 0 Å². The lowest BCUT2D eigenvalue weighted by molar-refractivity contribution is -0.138. The van der Waals surface area contributed by atoms with Gasteiger partial charge in [-0.25, -0.2) is 0 Å². The monoisotopic (exact) mass is 458 g/mol. The van der Waals surface area contributed by atoms with Crippen molar-refractivity contribution in [3.63, 3.8) is 0 Å². The van der Waals surface area contributed by atoms with Crippen molar-refractivity contribution in [2.45, 2.75) is 82.3 Å². The van der Waals surface area contributed by atoms with Crippen molar-refractivity contribution in [3.05, 3.63) is 47.5 Å². The van der Waals surface area contributed by atoms with E-state index in [-0.39, 0.29) is 24.7 Å². The van der Waals surface area contributed by atoms with E-state index in [1.165, 1.54) is 6.07 Å². The fourth-order valence-electron chi connectivity index (χ4n) is 4.41. The Balaban J connectivity index is 1.80. The molecule has 0 bridgehead atoms. The van der Waals surface area contributed by atoms with E-state index in [2.05, 4.69) is 0 Å². The Morgan fingerprint density at radius 3 is 2.53 bits per heavy atom. The molecule has 180 valence electrons. The standard InChI is InChI=1S/C24H33F3O5/c25-24(26,27)17-7-5-6-16(14-17)10-11-18(28)12-13-20-19(21(29)15-22(20)30)8-3-1-2-4-9-23(31)32/h1,3,5-7,14,18-22,28-30H,2,4,8-13,15H2,(H,31,32). The number of carboxylic acids is 1. The fraction of sp³-hybridized carbons (Fsp3) is 0.625. The first kappa shape index (κ1) is 26.4. The van der Waals surface area contributed by atoms with Crippen LogP contribution in [0, 0.1) is 11.8 Å². The quantitative estimate of drug-likeness (QED) is 0.276. The molecule has 5 nitrogen and oxygen atoms in total. The number of rotatable bonds is 12. The lowest BCUT2D eigenvalue weighted by Gasteiger charge is -2.23. The Labute approximate surface area is 186 Å². The third kappa shape index (κ3) is 8.56. The van der Waals surface area contributed by atoms with Crippen LogP contribution in [0.3, 0.4) is 0 Å². The molecular weight excluding hydrogens is 425 g/mol. The maximum absolute atomic E-state index is 12.8. The molecular formula is C24H33F3O5. The van der Waals surface area contributed by atoms with Crippen LogP contribution >= 0.6 is 0 Å². The van der Waals surface area contributed by atoms with Crippen LogP contribution in [0.15, 0.2) is 36.4 Å². The zero-order valence-corrected chi connectivity index (χ0v) is 18.0. The molecule has 5 atom stereocenters. The van der Waals surface area contributed by atoms with Gasteiger partial charge in [0.2, 0.25) is 0 Å². The van der Waals surface area contributed by atoms with Crippen molar-refractivity contribution in [2.75, 3.05) is 0 Å². The first-order chi connectivity index (χ1) is 15.1. The topological polar surface area (TPSA) is 98.0 Å². The maximum atomic E-state index is 12.8. The highest BCUT2D eigenvalue weighted by Crippen LogP contribution is 2.38. The highest BCUT2D eigenvalue weighted by atomic mass is 19.4. The second kappa shape index (κ2) is 12.4. The molecule has 1 aromatic rings. The number of aryl methyl sites for hydroxylation is 1. The summed E-state index contributed by atoms with van der Waals surface area (Å²) >= 11 is 0. The van der Waals surface area contributed by atoms with Crippen LogP contribution < -0.4 is 0 Å². The maximum Gasteiger partial charge on any atom is 0.416 e. The highest BCUT2D eigenvalue weighted by molar-refractivity contribution is 5.66. The fourth-order valence-corrected chi connectivity index (χ4v) is 4.41. The Morgan fingerprint density at radius 2 is 1.84 bits per heavy atom. The second-order valence-electron chi connectivity index (χ2n) is 8.66. The summed E-state index contributed by atoms with van der Waals surface area (Å²) in [5, 5.41) is 39.6. The lowest BCUT2D eigenvalue weighted by atomic mass is 9.85. The molecule has 1 fully saturated rings. The van der Waals surface area contributed by atoms with Gasteiger partial charge in [0.15, 0.2) is 0 Å². The summed E-state index contributed by atoms with van der Waals surface area (Å²) in [5.74, 6) is -1.15. The summed E-state index contributed by atoms with van der Waals surface area (Å²) in [4.78, 5) is 10.5. The van der Waals surface area contributed by atoms with E-state index in [9.17, 15) is 33.3 Å². The van der Waals surface area contributed by atoms with E-state index in [1.54, 1.807) is 6.07 Å². The summed E-state index contributed by atoms with van der Waals surface area (Å²) in [5.41, 5.74) is -0.187. The van der Waals surface area contributed by atoms with Crippen LogP contribution in [0.1, 0.15) is 62.5 Å². The summed E-state index contributed by atoms with van der Waals surface area (Å²) in [6.45, 7) is 0. The predicted octanol–water partition coefficient (Wildman–Crippen LogP) is 4.34. The van der Waals surface area contributed by atoms with E-state index in [0.717, 1.165) is 12.1 Å². The molecule has 0 spiro atoms. The minimum atomic E-state index is -4.40. The van der Waals surface area contributed by atoms with Crippen LogP contribution in [-0.4, -0.2) is 44.7 Å². The first-order valence-corrected chi connectivity index (χ1v) is 11.1. The number of halogens is 3. The van der Waals surface area contributed by atoms with Gasteiger partial charge >= 0.3 is 12.1 Å². The number of carbonyl (C=O) groups is 1. The van der Waals surface area contributed by atoms with E-state index < -0.39 is 36.0 Å². The van der Waals surface area contributed by atoms with Gasteiger partial charge in [-0.3, -0.25) is 4.79 Å². The van der Waals surface area contributed by atoms with E-state index in [4.69, 9.17) is 5.11 Å². The highest BCUT2D eigenvalue weighted by Gasteiger charge is 2.40. The van der Waals surface area contributed by atoms with Crippen LogP contribution in [0.2, 0.25) is 0 Å². The second-order valence-corrected chi connectivity index (χ2v) is 8.66. The van der Waals surface area contributed by atoms with Gasteiger partial charge in [0.1, 0.15) is 0 Å². The molecule has 8 heteroatoms. The number of aliphatic hydroxyl groups is 3.